The SMILES string of the molecule is Nc1nsc(C2C3CCCCC32)n1. The summed E-state index contributed by atoms with van der Waals surface area (Å²) in [6.45, 7) is 0. The van der Waals surface area contributed by atoms with Gasteiger partial charge in [-0.15, -0.1) is 0 Å². The van der Waals surface area contributed by atoms with Crippen molar-refractivity contribution in [2.75, 3.05) is 5.73 Å². The van der Waals surface area contributed by atoms with E-state index in [-0.39, 0.29) is 0 Å². The third-order valence-electron chi connectivity index (χ3n) is 3.40. The third-order valence-corrected chi connectivity index (χ3v) is 4.23. The van der Waals surface area contributed by atoms with Crippen LogP contribution in [0.25, 0.3) is 0 Å². The molecule has 1 heterocycles. The number of rotatable bonds is 1. The Morgan fingerprint density at radius 2 is 1.92 bits per heavy atom. The summed E-state index contributed by atoms with van der Waals surface area (Å²) in [5.74, 6) is 3.02. The maximum Gasteiger partial charge on any atom is 0.232 e. The zero-order chi connectivity index (χ0) is 8.84. The van der Waals surface area contributed by atoms with Gasteiger partial charge in [0.1, 0.15) is 5.01 Å². The van der Waals surface area contributed by atoms with Crippen molar-refractivity contribution >= 4 is 17.5 Å². The summed E-state index contributed by atoms with van der Waals surface area (Å²) in [5.41, 5.74) is 5.52. The highest BCUT2D eigenvalue weighted by Crippen LogP contribution is 2.61. The maximum absolute atomic E-state index is 5.52. The molecule has 0 spiro atoms. The van der Waals surface area contributed by atoms with Crippen molar-refractivity contribution in [3.05, 3.63) is 5.01 Å². The lowest BCUT2D eigenvalue weighted by Gasteiger charge is -2.04. The van der Waals surface area contributed by atoms with Gasteiger partial charge in [-0.3, -0.25) is 0 Å². The first-order chi connectivity index (χ1) is 6.36. The van der Waals surface area contributed by atoms with Crippen molar-refractivity contribution in [3.8, 4) is 0 Å². The first-order valence-corrected chi connectivity index (χ1v) is 5.72. The molecule has 2 aliphatic rings. The number of nitrogen functional groups attached to an aromatic ring is 1. The fraction of sp³-hybridized carbons (Fsp3) is 0.778. The number of nitrogens with zero attached hydrogens (tertiary/aromatic N) is 2. The molecule has 1 aromatic rings. The Morgan fingerprint density at radius 3 is 2.46 bits per heavy atom. The molecule has 2 saturated carbocycles. The molecule has 0 aliphatic heterocycles. The van der Waals surface area contributed by atoms with Crippen LogP contribution in [0, 0.1) is 11.8 Å². The number of nitrogens with two attached hydrogens (primary N) is 1. The highest BCUT2D eigenvalue weighted by atomic mass is 32.1. The molecule has 0 saturated heterocycles. The molecule has 0 radical (unpaired) electrons. The maximum atomic E-state index is 5.52. The van der Waals surface area contributed by atoms with E-state index in [2.05, 4.69) is 9.36 Å². The molecular formula is C9H13N3S. The molecule has 3 nitrogen and oxygen atoms in total. The Kier molecular flexibility index (Phi) is 1.59. The van der Waals surface area contributed by atoms with Crippen molar-refractivity contribution < 1.29 is 0 Å². The Balaban J connectivity index is 1.81. The van der Waals surface area contributed by atoms with Gasteiger partial charge in [0.05, 0.1) is 0 Å². The van der Waals surface area contributed by atoms with E-state index in [4.69, 9.17) is 5.73 Å². The topological polar surface area (TPSA) is 51.8 Å². The van der Waals surface area contributed by atoms with Crippen molar-refractivity contribution in [1.82, 2.24) is 9.36 Å². The third kappa shape index (κ3) is 1.15. The predicted octanol–water partition coefficient (Wildman–Crippen LogP) is 2.02. The average molecular weight is 195 g/mol. The summed E-state index contributed by atoms with van der Waals surface area (Å²) in [6.07, 6.45) is 5.61. The molecule has 2 N–H and O–H groups in total. The molecular weight excluding hydrogens is 182 g/mol. The van der Waals surface area contributed by atoms with Gasteiger partial charge < -0.3 is 5.73 Å². The van der Waals surface area contributed by atoms with E-state index in [0.717, 1.165) is 17.8 Å². The second-order valence-corrected chi connectivity index (χ2v) is 4.91. The molecule has 70 valence electrons. The number of aromatic nitrogens is 2. The van der Waals surface area contributed by atoms with Crippen LogP contribution in [0.2, 0.25) is 0 Å². The van der Waals surface area contributed by atoms with Gasteiger partial charge in [-0.2, -0.15) is 4.37 Å². The van der Waals surface area contributed by atoms with Crippen LogP contribution in [0.1, 0.15) is 36.6 Å². The average Bonchev–Trinajstić information content (AvgIpc) is 2.73. The van der Waals surface area contributed by atoms with Crippen molar-refractivity contribution in [3.63, 3.8) is 0 Å². The zero-order valence-corrected chi connectivity index (χ0v) is 8.26. The lowest BCUT2D eigenvalue weighted by molar-refractivity contribution is 0.480. The van der Waals surface area contributed by atoms with E-state index >= 15 is 0 Å². The number of fused-ring (bicyclic) bond motifs is 1. The monoisotopic (exact) mass is 195 g/mol. The van der Waals surface area contributed by atoms with Gasteiger partial charge >= 0.3 is 0 Å². The first kappa shape index (κ1) is 7.74. The van der Waals surface area contributed by atoms with E-state index in [1.165, 1.54) is 42.2 Å². The van der Waals surface area contributed by atoms with Gasteiger partial charge in [-0.05, 0) is 36.2 Å². The molecule has 0 bridgehead atoms. The number of anilines is 1. The lowest BCUT2D eigenvalue weighted by atomic mass is 10.0. The number of hydrogen-bond acceptors (Lipinski definition) is 4. The quantitative estimate of drug-likeness (QED) is 0.746. The van der Waals surface area contributed by atoms with Crippen LogP contribution >= 0.6 is 11.5 Å². The van der Waals surface area contributed by atoms with E-state index in [9.17, 15) is 0 Å². The molecule has 2 unspecified atom stereocenters. The highest BCUT2D eigenvalue weighted by molar-refractivity contribution is 7.05. The Morgan fingerprint density at radius 1 is 1.23 bits per heavy atom. The Labute approximate surface area is 81.5 Å². The fourth-order valence-electron chi connectivity index (χ4n) is 2.74. The number of hydrogen-bond donors (Lipinski definition) is 1. The van der Waals surface area contributed by atoms with Gasteiger partial charge in [-0.25, -0.2) is 4.98 Å². The normalized spacial score (nSPS) is 37.1. The largest absolute Gasteiger partial charge is 0.367 e. The molecule has 4 heteroatoms. The second kappa shape index (κ2) is 2.67. The van der Waals surface area contributed by atoms with Crippen LogP contribution in [0.4, 0.5) is 5.95 Å². The van der Waals surface area contributed by atoms with E-state index < -0.39 is 0 Å². The van der Waals surface area contributed by atoms with Gasteiger partial charge in [0.25, 0.3) is 0 Å². The summed E-state index contributed by atoms with van der Waals surface area (Å²) < 4.78 is 4.04. The molecule has 2 atom stereocenters. The standard InChI is InChI=1S/C9H13N3S/c10-9-11-8(13-12-9)7-5-3-1-2-4-6(5)7/h5-7H,1-4H2,(H2,10,12). The first-order valence-electron chi connectivity index (χ1n) is 4.95. The molecule has 0 aromatic carbocycles. The van der Waals surface area contributed by atoms with Crippen LogP contribution in [0.15, 0.2) is 0 Å². The summed E-state index contributed by atoms with van der Waals surface area (Å²) >= 11 is 1.50. The Bertz CT molecular complexity index is 310. The summed E-state index contributed by atoms with van der Waals surface area (Å²) in [5, 5.41) is 1.19. The van der Waals surface area contributed by atoms with Crippen LogP contribution in [0.5, 0.6) is 0 Å². The van der Waals surface area contributed by atoms with Crippen LogP contribution in [-0.2, 0) is 0 Å². The van der Waals surface area contributed by atoms with Gasteiger partial charge in [0, 0.05) is 5.92 Å². The smallest absolute Gasteiger partial charge is 0.232 e. The van der Waals surface area contributed by atoms with Gasteiger partial charge in [-0.1, -0.05) is 12.8 Å². The van der Waals surface area contributed by atoms with Crippen molar-refractivity contribution in [2.24, 2.45) is 11.8 Å². The van der Waals surface area contributed by atoms with Gasteiger partial charge in [0.2, 0.25) is 5.95 Å². The van der Waals surface area contributed by atoms with Crippen LogP contribution in [0.3, 0.4) is 0 Å². The second-order valence-electron chi connectivity index (χ2n) is 4.13. The van der Waals surface area contributed by atoms with Crippen molar-refractivity contribution in [1.29, 1.82) is 0 Å². The summed E-state index contributed by atoms with van der Waals surface area (Å²) in [7, 11) is 0. The molecule has 1 aromatic heterocycles. The van der Waals surface area contributed by atoms with Gasteiger partial charge in [0.15, 0.2) is 0 Å². The Hall–Kier alpha value is -0.640. The molecule has 0 amide bonds. The summed E-state index contributed by atoms with van der Waals surface area (Å²) in [4.78, 5) is 4.28. The minimum atomic E-state index is 0.462. The fourth-order valence-corrected chi connectivity index (χ4v) is 3.57. The minimum Gasteiger partial charge on any atom is -0.367 e. The molecule has 13 heavy (non-hydrogen) atoms. The highest BCUT2D eigenvalue weighted by Gasteiger charge is 2.52. The van der Waals surface area contributed by atoms with E-state index in [1.54, 1.807) is 0 Å². The zero-order valence-electron chi connectivity index (χ0n) is 7.44. The summed E-state index contributed by atoms with van der Waals surface area (Å²) in [6, 6.07) is 0. The van der Waals surface area contributed by atoms with E-state index in [0.29, 0.717) is 5.95 Å². The van der Waals surface area contributed by atoms with Crippen LogP contribution in [-0.4, -0.2) is 9.36 Å². The predicted molar refractivity (Wildman–Crippen MR) is 52.5 cm³/mol. The lowest BCUT2D eigenvalue weighted by Crippen LogP contribution is -1.91. The molecule has 3 rings (SSSR count). The minimum absolute atomic E-state index is 0.462. The molecule has 2 fully saturated rings. The van der Waals surface area contributed by atoms with Crippen LogP contribution < -0.4 is 5.73 Å². The van der Waals surface area contributed by atoms with E-state index in [1.807, 2.05) is 0 Å². The van der Waals surface area contributed by atoms with Crippen molar-refractivity contribution in [2.45, 2.75) is 31.6 Å². The molecule has 2 aliphatic carbocycles.